The van der Waals surface area contributed by atoms with Crippen LogP contribution < -0.4 is 4.74 Å². The summed E-state index contributed by atoms with van der Waals surface area (Å²) in [4.78, 5) is 64.0. The van der Waals surface area contributed by atoms with Crippen molar-refractivity contribution in [2.45, 2.75) is 14.1 Å². The average molecular weight is 831 g/mol. The molecule has 3 aromatic rings. The Balaban J connectivity index is 1.30. The van der Waals surface area contributed by atoms with Crippen molar-refractivity contribution in [1.29, 1.82) is 0 Å². The Hall–Kier alpha value is -2.24. The van der Waals surface area contributed by atoms with Crippen LogP contribution in [-0.2, 0) is 9.59 Å². The fourth-order valence-electron chi connectivity index (χ4n) is 5.95. The minimum atomic E-state index is -2.20. The summed E-state index contributed by atoms with van der Waals surface area (Å²) in [6.45, 7) is -0.815. The summed E-state index contributed by atoms with van der Waals surface area (Å²) in [7, 11) is 0. The molecule has 8 nitrogen and oxygen atoms in total. The Kier molecular flexibility index (Phi) is 9.28. The maximum atomic E-state index is 14.1. The molecule has 1 aliphatic heterocycles. The molecular weight excluding hydrogens is 815 g/mol. The number of benzene rings is 3. The van der Waals surface area contributed by atoms with E-state index < -0.39 is 61.9 Å². The molecule has 1 heterocycles. The average Bonchev–Trinajstić information content (AvgIpc) is 3.42. The van der Waals surface area contributed by atoms with E-state index in [1.54, 1.807) is 0 Å². The number of ether oxygens (including phenoxy) is 1. The number of carbonyl (C=O) groups excluding carboxylic acids is 5. The molecule has 48 heavy (non-hydrogen) atoms. The number of hydrogen-bond acceptors (Lipinski definition) is 6. The number of alkyl halides is 4. The van der Waals surface area contributed by atoms with Gasteiger partial charge in [0.2, 0.25) is 0 Å². The first kappa shape index (κ1) is 35.6. The van der Waals surface area contributed by atoms with E-state index in [4.69, 9.17) is 109 Å². The molecule has 4 atom stereocenters. The van der Waals surface area contributed by atoms with Crippen LogP contribution >= 0.6 is 104 Å². The van der Waals surface area contributed by atoms with Crippen LogP contribution in [0.15, 0.2) is 76.8 Å². The van der Waals surface area contributed by atoms with Gasteiger partial charge in [0.05, 0.1) is 32.5 Å². The smallest absolute Gasteiger partial charge is 0.345 e. The Bertz CT molecular complexity index is 1920. The number of hydrazine groups is 1. The van der Waals surface area contributed by atoms with Gasteiger partial charge in [0.25, 0.3) is 17.7 Å². The molecule has 2 fully saturated rings. The van der Waals surface area contributed by atoms with Gasteiger partial charge in [-0.05, 0) is 66.7 Å². The van der Waals surface area contributed by atoms with Crippen LogP contribution in [0.3, 0.4) is 0 Å². The number of imide groups is 1. The van der Waals surface area contributed by atoms with E-state index in [0.29, 0.717) is 20.1 Å². The number of nitrogens with zero attached hydrogens (tertiary/aromatic N) is 2. The zero-order valence-electron chi connectivity index (χ0n) is 23.5. The maximum Gasteiger partial charge on any atom is 0.345 e. The molecule has 248 valence electrons. The predicted octanol–water partition coefficient (Wildman–Crippen LogP) is 8.55. The molecule has 1 saturated carbocycles. The molecule has 17 heteroatoms. The highest BCUT2D eigenvalue weighted by Gasteiger charge is 2.88. The zero-order valence-corrected chi connectivity index (χ0v) is 30.3. The minimum absolute atomic E-state index is 0.0182. The molecule has 0 radical (unpaired) electrons. The second-order valence-electron chi connectivity index (χ2n) is 10.9. The van der Waals surface area contributed by atoms with E-state index in [-0.39, 0.29) is 37.5 Å². The van der Waals surface area contributed by atoms with Gasteiger partial charge in [-0.15, -0.1) is 23.2 Å². The molecule has 0 aromatic heterocycles. The lowest BCUT2D eigenvalue weighted by atomic mass is 9.84. The molecule has 6 rings (SSSR count). The number of ketones is 1. The van der Waals surface area contributed by atoms with Gasteiger partial charge in [0.15, 0.2) is 10.1 Å². The molecule has 2 aliphatic carbocycles. The zero-order chi connectivity index (χ0) is 35.1. The number of amides is 3. The Labute approximate surface area is 317 Å². The van der Waals surface area contributed by atoms with E-state index in [0.717, 1.165) is 0 Å². The van der Waals surface area contributed by atoms with Crippen LogP contribution in [0.4, 0.5) is 0 Å². The van der Waals surface area contributed by atoms with E-state index in [1.807, 2.05) is 0 Å². The summed E-state index contributed by atoms with van der Waals surface area (Å²) < 4.78 is 3.15. The van der Waals surface area contributed by atoms with E-state index in [9.17, 15) is 24.0 Å². The number of fused-ring (bicyclic) bond motifs is 5. The van der Waals surface area contributed by atoms with E-state index in [1.165, 1.54) is 66.7 Å². The third-order valence-corrected chi connectivity index (χ3v) is 13.3. The van der Waals surface area contributed by atoms with Crippen molar-refractivity contribution < 1.29 is 28.7 Å². The third-order valence-electron chi connectivity index (χ3n) is 8.28. The lowest BCUT2D eigenvalue weighted by molar-refractivity contribution is -0.154. The first-order valence-electron chi connectivity index (χ1n) is 13.5. The van der Waals surface area contributed by atoms with Gasteiger partial charge in [-0.2, -0.15) is 5.01 Å². The van der Waals surface area contributed by atoms with Crippen molar-refractivity contribution in [3.63, 3.8) is 0 Å². The third kappa shape index (κ3) is 5.14. The molecule has 0 N–H and O–H groups in total. The molecule has 3 aromatic carbocycles. The summed E-state index contributed by atoms with van der Waals surface area (Å²) >= 11 is 57.5. The second-order valence-corrected chi connectivity index (χ2v) is 15.5. The number of hydrogen-bond donors (Lipinski definition) is 0. The van der Waals surface area contributed by atoms with Gasteiger partial charge in [0.1, 0.15) is 22.0 Å². The summed E-state index contributed by atoms with van der Waals surface area (Å²) in [5.74, 6) is -7.50. The molecule has 0 unspecified atom stereocenters. The fraction of sp³-hybridized carbons (Fsp3) is 0.194. The van der Waals surface area contributed by atoms with Crippen LogP contribution in [0, 0.1) is 11.8 Å². The van der Waals surface area contributed by atoms with Gasteiger partial charge in [-0.3, -0.25) is 19.2 Å². The van der Waals surface area contributed by atoms with E-state index in [2.05, 4.69) is 0 Å². The summed E-state index contributed by atoms with van der Waals surface area (Å²) in [6, 6.07) is 15.1. The fourth-order valence-corrected chi connectivity index (χ4v) is 9.49. The lowest BCUT2D eigenvalue weighted by Crippen LogP contribution is -2.56. The Morgan fingerprint density at radius 3 is 1.73 bits per heavy atom. The van der Waals surface area contributed by atoms with Gasteiger partial charge >= 0.3 is 5.97 Å². The molecular formula is C31H15Cl9N2O6. The monoisotopic (exact) mass is 826 g/mol. The number of Topliss-reactive ketones (excluding diaryl/α,β-unsaturated/α-hetero) is 1. The van der Waals surface area contributed by atoms with Crippen molar-refractivity contribution in [3.8, 4) is 5.75 Å². The molecule has 1 saturated heterocycles. The first-order chi connectivity index (χ1) is 22.5. The quantitative estimate of drug-likeness (QED) is 0.0779. The van der Waals surface area contributed by atoms with Crippen LogP contribution in [0.2, 0.25) is 15.1 Å². The normalized spacial score (nSPS) is 25.4. The largest absolute Gasteiger partial charge is 0.423 e. The predicted molar refractivity (Wildman–Crippen MR) is 184 cm³/mol. The van der Waals surface area contributed by atoms with E-state index >= 15 is 0 Å². The standard InChI is InChI=1S/C31H15Cl9N2O6/c32-15-5-1-14(2-6-15)25(44)41(42-26(45)21-22(27(42)46)30(38)24(36)23(35)29(21,37)31(30,39)40)12-20(43)13-3-8-17(9-4-13)48-28(47)18-10-7-16(33)11-19(18)34/h1-11,21-22H,12H2/t21-,22+,29-,30-/m1/s1. The molecule has 3 amide bonds. The molecule has 3 aliphatic rings. The van der Waals surface area contributed by atoms with Crippen molar-refractivity contribution >= 4 is 134 Å². The highest BCUT2D eigenvalue weighted by atomic mass is 35.5. The Morgan fingerprint density at radius 1 is 0.708 bits per heavy atom. The summed E-state index contributed by atoms with van der Waals surface area (Å²) in [6.07, 6.45) is 0. The molecule has 0 spiro atoms. The summed E-state index contributed by atoms with van der Waals surface area (Å²) in [5, 5.41) is 1.23. The number of allylic oxidation sites excluding steroid dienone is 2. The second kappa shape index (κ2) is 12.5. The topological polar surface area (TPSA) is 101 Å². The lowest BCUT2D eigenvalue weighted by Gasteiger charge is -2.36. The highest BCUT2D eigenvalue weighted by molar-refractivity contribution is 6.67. The first-order valence-corrected chi connectivity index (χ1v) is 16.9. The molecule has 2 bridgehead atoms. The van der Waals surface area contributed by atoms with Crippen LogP contribution in [-0.4, -0.2) is 60.1 Å². The maximum absolute atomic E-state index is 14.1. The van der Waals surface area contributed by atoms with Crippen molar-refractivity contribution in [3.05, 3.63) is 109 Å². The Morgan fingerprint density at radius 2 is 1.21 bits per heavy atom. The van der Waals surface area contributed by atoms with Crippen LogP contribution in [0.1, 0.15) is 31.1 Å². The van der Waals surface area contributed by atoms with Gasteiger partial charge in [0, 0.05) is 21.2 Å². The van der Waals surface area contributed by atoms with Gasteiger partial charge in [-0.25, -0.2) is 9.80 Å². The highest BCUT2D eigenvalue weighted by Crippen LogP contribution is 2.77. The van der Waals surface area contributed by atoms with Gasteiger partial charge < -0.3 is 4.74 Å². The van der Waals surface area contributed by atoms with Crippen LogP contribution in [0.5, 0.6) is 5.75 Å². The number of halogens is 9. The van der Waals surface area contributed by atoms with Crippen molar-refractivity contribution in [1.82, 2.24) is 10.0 Å². The SMILES string of the molecule is O=C(CN(C(=O)c1ccc(Cl)cc1)N1C(=O)[C@@H]2[C@H](C1=O)[C@@]1(Cl)C(Cl)=C(Cl)[C@@]2(Cl)C1(Cl)Cl)c1ccc(OC(=O)c2ccc(Cl)cc2Cl)cc1. The van der Waals surface area contributed by atoms with Crippen LogP contribution in [0.25, 0.3) is 0 Å². The number of rotatable bonds is 7. The van der Waals surface area contributed by atoms with Crippen molar-refractivity contribution in [2.75, 3.05) is 6.54 Å². The number of carbonyl (C=O) groups is 5. The van der Waals surface area contributed by atoms with Gasteiger partial charge in [-0.1, -0.05) is 81.2 Å². The van der Waals surface area contributed by atoms with Crippen molar-refractivity contribution in [2.24, 2.45) is 11.8 Å². The summed E-state index contributed by atoms with van der Waals surface area (Å²) in [5.41, 5.74) is 0.0744. The minimum Gasteiger partial charge on any atom is -0.423 e. The number of esters is 1.